The first-order valence-electron chi connectivity index (χ1n) is 8.60. The van der Waals surface area contributed by atoms with Crippen molar-refractivity contribution in [2.75, 3.05) is 11.9 Å². The van der Waals surface area contributed by atoms with E-state index in [1.54, 1.807) is 30.3 Å². The largest absolute Gasteiger partial charge is 0.484 e. The molecule has 5 nitrogen and oxygen atoms in total. The van der Waals surface area contributed by atoms with Gasteiger partial charge in [-0.15, -0.1) is 0 Å². The monoisotopic (exact) mass is 385 g/mol. The number of hydrogen-bond acceptors (Lipinski definition) is 4. The van der Waals surface area contributed by atoms with Gasteiger partial charge in [-0.3, -0.25) is 4.79 Å². The summed E-state index contributed by atoms with van der Waals surface area (Å²) in [5.74, 6) is 1.33. The van der Waals surface area contributed by atoms with Gasteiger partial charge in [0.2, 0.25) is 0 Å². The molecule has 1 aromatic heterocycles. The van der Waals surface area contributed by atoms with Crippen molar-refractivity contribution >= 4 is 23.2 Å². The van der Waals surface area contributed by atoms with Gasteiger partial charge in [0.05, 0.1) is 5.02 Å². The Balaban J connectivity index is 1.64. The van der Waals surface area contributed by atoms with E-state index in [9.17, 15) is 4.79 Å². The highest BCUT2D eigenvalue weighted by Crippen LogP contribution is 2.32. The molecule has 0 unspecified atom stereocenters. The maximum absolute atomic E-state index is 12.2. The van der Waals surface area contributed by atoms with Crippen LogP contribution in [-0.4, -0.2) is 17.6 Å². The van der Waals surface area contributed by atoms with E-state index in [4.69, 9.17) is 25.9 Å². The molecule has 0 fully saturated rings. The molecule has 0 atom stereocenters. The molecule has 1 amide bonds. The van der Waals surface area contributed by atoms with Gasteiger partial charge in [0.25, 0.3) is 5.91 Å². The van der Waals surface area contributed by atoms with Crippen LogP contribution in [0, 0.1) is 0 Å². The van der Waals surface area contributed by atoms with E-state index in [2.05, 4.69) is 12.2 Å². The van der Waals surface area contributed by atoms with Gasteiger partial charge in [-0.1, -0.05) is 30.7 Å². The minimum atomic E-state index is -0.279. The van der Waals surface area contributed by atoms with E-state index in [1.165, 1.54) is 5.56 Å². The van der Waals surface area contributed by atoms with Crippen LogP contribution in [0.3, 0.4) is 0 Å². The third kappa shape index (κ3) is 4.90. The average molecular weight is 386 g/mol. The summed E-state index contributed by atoms with van der Waals surface area (Å²) in [6.07, 6.45) is 0.954. The summed E-state index contributed by atoms with van der Waals surface area (Å²) in [7, 11) is 0. The van der Waals surface area contributed by atoms with Crippen molar-refractivity contribution in [1.82, 2.24) is 0 Å². The Labute approximate surface area is 162 Å². The Morgan fingerprint density at radius 1 is 1.15 bits per heavy atom. The van der Waals surface area contributed by atoms with Gasteiger partial charge in [0, 0.05) is 11.3 Å². The smallest absolute Gasteiger partial charge is 0.262 e. The first kappa shape index (κ1) is 19.0. The zero-order valence-electron chi connectivity index (χ0n) is 14.9. The van der Waals surface area contributed by atoms with Crippen LogP contribution >= 0.6 is 11.6 Å². The van der Waals surface area contributed by atoms with Crippen LogP contribution in [0.5, 0.6) is 5.75 Å². The average Bonchev–Trinajstić information content (AvgIpc) is 3.17. The number of amides is 1. The summed E-state index contributed by atoms with van der Waals surface area (Å²) >= 11 is 6.23. The van der Waals surface area contributed by atoms with E-state index >= 15 is 0 Å². The van der Waals surface area contributed by atoms with Gasteiger partial charge in [0.15, 0.2) is 6.61 Å². The van der Waals surface area contributed by atoms with E-state index < -0.39 is 0 Å². The number of aliphatic hydroxyl groups is 1. The first-order valence-corrected chi connectivity index (χ1v) is 8.98. The van der Waals surface area contributed by atoms with Crippen LogP contribution in [0.4, 0.5) is 5.69 Å². The molecular weight excluding hydrogens is 366 g/mol. The summed E-state index contributed by atoms with van der Waals surface area (Å²) < 4.78 is 11.0. The molecule has 1 heterocycles. The van der Waals surface area contributed by atoms with Gasteiger partial charge in [-0.05, 0) is 54.4 Å². The van der Waals surface area contributed by atoms with E-state index in [0.717, 1.165) is 6.42 Å². The lowest BCUT2D eigenvalue weighted by Gasteiger charge is -2.10. The minimum Gasteiger partial charge on any atom is -0.484 e. The molecule has 6 heteroatoms. The fraction of sp³-hybridized carbons (Fsp3) is 0.190. The van der Waals surface area contributed by atoms with Crippen molar-refractivity contribution in [2.45, 2.75) is 20.0 Å². The molecular formula is C21H20ClNO4. The summed E-state index contributed by atoms with van der Waals surface area (Å²) in [5.41, 5.74) is 2.42. The Hall–Kier alpha value is -2.76. The minimum absolute atomic E-state index is 0.0984. The number of carbonyl (C=O) groups is 1. The molecule has 0 aliphatic heterocycles. The third-order valence-electron chi connectivity index (χ3n) is 4.03. The summed E-state index contributed by atoms with van der Waals surface area (Å²) in [6.45, 7) is 1.79. The molecule has 140 valence electrons. The predicted molar refractivity (Wildman–Crippen MR) is 105 cm³/mol. The number of halogens is 1. The Bertz CT molecular complexity index is 918. The highest BCUT2D eigenvalue weighted by atomic mass is 35.5. The number of furan rings is 1. The SMILES string of the molecule is CCc1ccc(OCC(=O)Nc2ccc(Cl)c(-c3ccc(CO)o3)c2)cc1. The molecule has 27 heavy (non-hydrogen) atoms. The molecule has 0 radical (unpaired) electrons. The van der Waals surface area contributed by atoms with Gasteiger partial charge in [-0.25, -0.2) is 0 Å². The van der Waals surface area contributed by atoms with E-state index in [1.807, 2.05) is 24.3 Å². The predicted octanol–water partition coefficient (Wildman–Crippen LogP) is 4.67. The zero-order valence-corrected chi connectivity index (χ0v) is 15.6. The van der Waals surface area contributed by atoms with Crippen molar-refractivity contribution in [3.05, 3.63) is 70.9 Å². The summed E-state index contributed by atoms with van der Waals surface area (Å²) in [4.78, 5) is 12.2. The van der Waals surface area contributed by atoms with Gasteiger partial charge >= 0.3 is 0 Å². The lowest BCUT2D eigenvalue weighted by Crippen LogP contribution is -2.20. The molecule has 0 bridgehead atoms. The summed E-state index contributed by atoms with van der Waals surface area (Å²) in [5, 5.41) is 12.4. The van der Waals surface area contributed by atoms with Crippen LogP contribution in [-0.2, 0) is 17.8 Å². The van der Waals surface area contributed by atoms with Gasteiger partial charge < -0.3 is 19.6 Å². The number of ether oxygens (including phenoxy) is 1. The Morgan fingerprint density at radius 3 is 2.59 bits per heavy atom. The fourth-order valence-electron chi connectivity index (χ4n) is 2.57. The van der Waals surface area contributed by atoms with Gasteiger partial charge in [0.1, 0.15) is 23.9 Å². The van der Waals surface area contributed by atoms with E-state index in [0.29, 0.717) is 33.5 Å². The van der Waals surface area contributed by atoms with Crippen molar-refractivity contribution in [2.24, 2.45) is 0 Å². The zero-order chi connectivity index (χ0) is 19.2. The second-order valence-corrected chi connectivity index (χ2v) is 6.36. The number of benzene rings is 2. The normalized spacial score (nSPS) is 10.6. The highest BCUT2D eigenvalue weighted by molar-refractivity contribution is 6.33. The lowest BCUT2D eigenvalue weighted by molar-refractivity contribution is -0.118. The van der Waals surface area contributed by atoms with Crippen LogP contribution in [0.1, 0.15) is 18.2 Å². The highest BCUT2D eigenvalue weighted by Gasteiger charge is 2.11. The van der Waals surface area contributed by atoms with Crippen LogP contribution in [0.2, 0.25) is 5.02 Å². The number of anilines is 1. The van der Waals surface area contributed by atoms with Gasteiger partial charge in [-0.2, -0.15) is 0 Å². The topological polar surface area (TPSA) is 71.7 Å². The molecule has 2 aromatic carbocycles. The third-order valence-corrected chi connectivity index (χ3v) is 4.36. The molecule has 0 spiro atoms. The van der Waals surface area contributed by atoms with Crippen LogP contribution in [0.15, 0.2) is 59.0 Å². The fourth-order valence-corrected chi connectivity index (χ4v) is 2.78. The number of rotatable bonds is 7. The van der Waals surface area contributed by atoms with Crippen molar-refractivity contribution in [3.63, 3.8) is 0 Å². The summed E-state index contributed by atoms with van der Waals surface area (Å²) in [6, 6.07) is 16.1. The molecule has 3 aromatic rings. The maximum Gasteiger partial charge on any atom is 0.262 e. The second kappa shape index (κ2) is 8.75. The molecule has 0 saturated carbocycles. The molecule has 0 aliphatic carbocycles. The molecule has 0 saturated heterocycles. The van der Waals surface area contributed by atoms with E-state index in [-0.39, 0.29) is 19.1 Å². The first-order chi connectivity index (χ1) is 13.1. The molecule has 0 aliphatic rings. The Kier molecular flexibility index (Phi) is 6.16. The number of hydrogen-bond donors (Lipinski definition) is 2. The standard InChI is InChI=1S/C21H20ClNO4/c1-2-14-3-6-16(7-4-14)26-13-21(25)23-15-5-9-19(22)18(11-15)20-10-8-17(12-24)27-20/h3-11,24H,2,12-13H2,1H3,(H,23,25). The molecule has 2 N–H and O–H groups in total. The Morgan fingerprint density at radius 2 is 1.93 bits per heavy atom. The molecule has 3 rings (SSSR count). The van der Waals surface area contributed by atoms with Crippen molar-refractivity contribution < 1.29 is 19.1 Å². The van der Waals surface area contributed by atoms with Crippen molar-refractivity contribution in [1.29, 1.82) is 0 Å². The number of aryl methyl sites for hydroxylation is 1. The quantitative estimate of drug-likeness (QED) is 0.619. The number of nitrogens with one attached hydrogen (secondary N) is 1. The van der Waals surface area contributed by atoms with Crippen LogP contribution < -0.4 is 10.1 Å². The number of carbonyl (C=O) groups excluding carboxylic acids is 1. The second-order valence-electron chi connectivity index (χ2n) is 5.95. The van der Waals surface area contributed by atoms with Crippen molar-refractivity contribution in [3.8, 4) is 17.1 Å². The maximum atomic E-state index is 12.2. The lowest BCUT2D eigenvalue weighted by atomic mass is 10.1. The van der Waals surface area contributed by atoms with Crippen LogP contribution in [0.25, 0.3) is 11.3 Å². The number of aliphatic hydroxyl groups excluding tert-OH is 1.